The molecule has 1 fully saturated rings. The Kier molecular flexibility index (Phi) is 8.95. The molecule has 1 saturated carbocycles. The van der Waals surface area contributed by atoms with Crippen LogP contribution in [0.5, 0.6) is 0 Å². The summed E-state index contributed by atoms with van der Waals surface area (Å²) in [6.45, 7) is 16.6. The van der Waals surface area contributed by atoms with E-state index in [1.807, 2.05) is 57.5 Å². The first kappa shape index (κ1) is 30.4. The van der Waals surface area contributed by atoms with Gasteiger partial charge in [0.25, 0.3) is 15.9 Å². The molecule has 7 nitrogen and oxygen atoms in total. The number of aromatic nitrogens is 3. The highest BCUT2D eigenvalue weighted by molar-refractivity contribution is 7.90. The maximum atomic E-state index is 14.3. The van der Waals surface area contributed by atoms with Crippen LogP contribution in [-0.4, -0.2) is 28.7 Å². The molecule has 0 bridgehead atoms. The first-order valence-electron chi connectivity index (χ1n) is 14.5. The predicted octanol–water partition coefficient (Wildman–Crippen LogP) is 7.42. The third-order valence-electron chi connectivity index (χ3n) is 8.58. The van der Waals surface area contributed by atoms with Crippen LogP contribution in [0.1, 0.15) is 132 Å². The second-order valence-electron chi connectivity index (χ2n) is 12.6. The number of hydrogen-bond donors (Lipinski definition) is 1. The first-order valence-corrected chi connectivity index (χ1v) is 16.8. The number of rotatable bonds is 9. The van der Waals surface area contributed by atoms with Crippen LogP contribution >= 0.6 is 11.3 Å². The van der Waals surface area contributed by atoms with Gasteiger partial charge in [0.15, 0.2) is 0 Å². The quantitative estimate of drug-likeness (QED) is 0.282. The Morgan fingerprint density at radius 1 is 1.02 bits per heavy atom. The number of amides is 1. The molecule has 2 heterocycles. The molecule has 1 unspecified atom stereocenters. The summed E-state index contributed by atoms with van der Waals surface area (Å²) < 4.78 is 29.6. The van der Waals surface area contributed by atoms with Crippen molar-refractivity contribution >= 4 is 27.3 Å². The lowest BCUT2D eigenvalue weighted by Gasteiger charge is -2.40. The highest BCUT2D eigenvalue weighted by Crippen LogP contribution is 2.41. The maximum absolute atomic E-state index is 14.3. The van der Waals surface area contributed by atoms with E-state index in [1.54, 1.807) is 6.07 Å². The van der Waals surface area contributed by atoms with Gasteiger partial charge < -0.3 is 5.32 Å². The molecule has 40 heavy (non-hydrogen) atoms. The SMILES string of the molecule is CC1CCC(C(C)(NC(=O)c2ccsc2)c2cn(S(=O)(=O)c3c(C(C)C)cc(C(C)C)cc3C(C)C)nn2)CC1. The van der Waals surface area contributed by atoms with Crippen molar-refractivity contribution in [2.75, 3.05) is 0 Å². The molecule has 218 valence electrons. The zero-order chi connectivity index (χ0) is 29.4. The summed E-state index contributed by atoms with van der Waals surface area (Å²) in [5.74, 6) is 0.833. The summed E-state index contributed by atoms with van der Waals surface area (Å²) in [7, 11) is -4.05. The minimum Gasteiger partial charge on any atom is -0.341 e. The second-order valence-corrected chi connectivity index (χ2v) is 15.1. The van der Waals surface area contributed by atoms with E-state index in [1.165, 1.54) is 17.5 Å². The zero-order valence-corrected chi connectivity index (χ0v) is 26.7. The molecule has 1 aromatic carbocycles. The Bertz CT molecular complexity index is 1400. The lowest BCUT2D eigenvalue weighted by molar-refractivity contribution is 0.0813. The Balaban J connectivity index is 1.82. The van der Waals surface area contributed by atoms with Gasteiger partial charge in [-0.15, -0.1) is 9.19 Å². The highest BCUT2D eigenvalue weighted by Gasteiger charge is 2.42. The van der Waals surface area contributed by atoms with Crippen molar-refractivity contribution in [1.82, 2.24) is 19.7 Å². The van der Waals surface area contributed by atoms with E-state index in [2.05, 4.69) is 36.4 Å². The van der Waals surface area contributed by atoms with Gasteiger partial charge in [-0.3, -0.25) is 4.79 Å². The van der Waals surface area contributed by atoms with Crippen molar-refractivity contribution in [2.45, 2.75) is 109 Å². The van der Waals surface area contributed by atoms with Crippen molar-refractivity contribution in [3.05, 3.63) is 63.1 Å². The van der Waals surface area contributed by atoms with E-state index in [0.717, 1.165) is 46.5 Å². The van der Waals surface area contributed by atoms with Gasteiger partial charge in [0.2, 0.25) is 0 Å². The summed E-state index contributed by atoms with van der Waals surface area (Å²) in [6, 6.07) is 5.85. The van der Waals surface area contributed by atoms with E-state index < -0.39 is 15.6 Å². The molecule has 2 aromatic heterocycles. The lowest BCUT2D eigenvalue weighted by atomic mass is 9.71. The largest absolute Gasteiger partial charge is 0.341 e. The van der Waals surface area contributed by atoms with Gasteiger partial charge in [-0.05, 0) is 77.5 Å². The summed E-state index contributed by atoms with van der Waals surface area (Å²) in [5, 5.41) is 15.6. The lowest BCUT2D eigenvalue weighted by Crippen LogP contribution is -2.50. The molecule has 3 aromatic rings. The third kappa shape index (κ3) is 5.91. The van der Waals surface area contributed by atoms with Gasteiger partial charge in [-0.2, -0.15) is 19.8 Å². The average Bonchev–Trinajstić information content (AvgIpc) is 3.61. The predicted molar refractivity (Wildman–Crippen MR) is 162 cm³/mol. The van der Waals surface area contributed by atoms with Crippen molar-refractivity contribution in [2.24, 2.45) is 11.8 Å². The zero-order valence-electron chi connectivity index (χ0n) is 25.1. The summed E-state index contributed by atoms with van der Waals surface area (Å²) >= 11 is 1.47. The summed E-state index contributed by atoms with van der Waals surface area (Å²) in [5.41, 5.74) is 2.91. The van der Waals surface area contributed by atoms with E-state index in [-0.39, 0.29) is 29.6 Å². The van der Waals surface area contributed by atoms with E-state index in [9.17, 15) is 13.2 Å². The molecule has 4 rings (SSSR count). The van der Waals surface area contributed by atoms with Gasteiger partial charge in [0, 0.05) is 5.38 Å². The van der Waals surface area contributed by atoms with Crippen LogP contribution in [0.15, 0.2) is 40.1 Å². The molecular weight excluding hydrogens is 541 g/mol. The molecule has 0 saturated heterocycles. The van der Waals surface area contributed by atoms with Crippen LogP contribution in [0, 0.1) is 11.8 Å². The fourth-order valence-corrected chi connectivity index (χ4v) is 8.18. The Hall–Kier alpha value is -2.52. The van der Waals surface area contributed by atoms with E-state index in [0.29, 0.717) is 22.1 Å². The minimum absolute atomic E-state index is 0.00311. The van der Waals surface area contributed by atoms with Crippen molar-refractivity contribution < 1.29 is 13.2 Å². The summed E-state index contributed by atoms with van der Waals surface area (Å²) in [6.07, 6.45) is 5.48. The molecule has 1 aliphatic rings. The van der Waals surface area contributed by atoms with Crippen LogP contribution < -0.4 is 5.32 Å². The van der Waals surface area contributed by atoms with Crippen molar-refractivity contribution in [3.8, 4) is 0 Å². The van der Waals surface area contributed by atoms with E-state index >= 15 is 0 Å². The fourth-order valence-electron chi connectivity index (χ4n) is 5.80. The minimum atomic E-state index is -4.05. The normalized spacial score (nSPS) is 19.8. The van der Waals surface area contributed by atoms with Crippen molar-refractivity contribution in [1.29, 1.82) is 0 Å². The molecule has 0 spiro atoms. The summed E-state index contributed by atoms with van der Waals surface area (Å²) in [4.78, 5) is 13.6. The van der Waals surface area contributed by atoms with Gasteiger partial charge in [0.1, 0.15) is 5.69 Å². The van der Waals surface area contributed by atoms with Crippen LogP contribution in [0.25, 0.3) is 0 Å². The van der Waals surface area contributed by atoms with Gasteiger partial charge in [-0.1, -0.05) is 78.7 Å². The van der Waals surface area contributed by atoms with Gasteiger partial charge in [-0.25, -0.2) is 0 Å². The molecular formula is C31H44N4O3S2. The number of carbonyl (C=O) groups excluding carboxylic acids is 1. The Morgan fingerprint density at radius 3 is 2.12 bits per heavy atom. The monoisotopic (exact) mass is 584 g/mol. The molecule has 1 atom stereocenters. The van der Waals surface area contributed by atoms with Gasteiger partial charge >= 0.3 is 0 Å². The van der Waals surface area contributed by atoms with Crippen LogP contribution in [0.2, 0.25) is 0 Å². The topological polar surface area (TPSA) is 94.0 Å². The number of carbonyl (C=O) groups is 1. The van der Waals surface area contributed by atoms with Crippen LogP contribution in [0.3, 0.4) is 0 Å². The third-order valence-corrected chi connectivity index (χ3v) is 10.9. The fraction of sp³-hybridized carbons (Fsp3) is 0.581. The standard InChI is InChI=1S/C31H44N4O3S2/c1-19(2)24-15-26(20(3)4)29(27(16-24)21(5)6)40(37,38)35-17-28(33-34-35)31(8,25-11-9-22(7)10-12-25)32-30(36)23-13-14-39-18-23/h13-22,25H,9-12H2,1-8H3,(H,32,36). The maximum Gasteiger partial charge on any atom is 0.284 e. The molecule has 1 amide bonds. The highest BCUT2D eigenvalue weighted by atomic mass is 32.2. The number of nitrogens with zero attached hydrogens (tertiary/aromatic N) is 3. The molecule has 1 N–H and O–H groups in total. The number of hydrogen-bond acceptors (Lipinski definition) is 6. The van der Waals surface area contributed by atoms with Crippen LogP contribution in [0.4, 0.5) is 0 Å². The molecule has 0 aliphatic heterocycles. The Morgan fingerprint density at radius 2 is 1.62 bits per heavy atom. The smallest absolute Gasteiger partial charge is 0.284 e. The van der Waals surface area contributed by atoms with Crippen molar-refractivity contribution in [3.63, 3.8) is 0 Å². The average molecular weight is 585 g/mol. The number of thiophene rings is 1. The molecule has 9 heteroatoms. The van der Waals surface area contributed by atoms with E-state index in [4.69, 9.17) is 0 Å². The number of nitrogens with one attached hydrogen (secondary N) is 1. The molecule has 0 radical (unpaired) electrons. The van der Waals surface area contributed by atoms with Crippen LogP contribution in [-0.2, 0) is 15.6 Å². The van der Waals surface area contributed by atoms with Gasteiger partial charge in [0.05, 0.1) is 22.2 Å². The second kappa shape index (κ2) is 11.8. The molecule has 1 aliphatic carbocycles. The number of benzene rings is 1. The first-order chi connectivity index (χ1) is 18.8. The Labute approximate surface area is 243 Å².